The quantitative estimate of drug-likeness (QED) is 0.708. The van der Waals surface area contributed by atoms with E-state index >= 15 is 0 Å². The zero-order valence-electron chi connectivity index (χ0n) is 19.8. The lowest BCUT2D eigenvalue weighted by Crippen LogP contribution is -2.53. The van der Waals surface area contributed by atoms with Gasteiger partial charge in [0, 0.05) is 49.5 Å². The van der Waals surface area contributed by atoms with E-state index < -0.39 is 0 Å². The minimum atomic E-state index is -0.105. The summed E-state index contributed by atoms with van der Waals surface area (Å²) < 4.78 is 0. The maximum Gasteiger partial charge on any atom is 0.228 e. The number of hydrogen-bond donors (Lipinski definition) is 1. The highest BCUT2D eigenvalue weighted by Gasteiger charge is 2.47. The molecule has 5 rings (SSSR count). The van der Waals surface area contributed by atoms with Crippen LogP contribution < -0.4 is 5.32 Å². The van der Waals surface area contributed by atoms with E-state index in [1.165, 1.54) is 25.7 Å². The Morgan fingerprint density at radius 3 is 1.72 bits per heavy atom. The first-order valence-electron chi connectivity index (χ1n) is 13.3. The molecule has 4 aliphatic carbocycles. The van der Waals surface area contributed by atoms with Gasteiger partial charge in [0.25, 0.3) is 0 Å². The van der Waals surface area contributed by atoms with Crippen LogP contribution in [0.4, 0.5) is 0 Å². The average Bonchev–Trinajstić information content (AvgIpc) is 3.76. The fourth-order valence-corrected chi connectivity index (χ4v) is 6.41. The molecule has 0 aromatic heterocycles. The molecule has 1 aliphatic heterocycles. The van der Waals surface area contributed by atoms with Crippen LogP contribution in [-0.4, -0.2) is 59.7 Å². The topological polar surface area (TPSA) is 69.7 Å². The molecule has 3 amide bonds. The van der Waals surface area contributed by atoms with E-state index in [1.54, 1.807) is 0 Å². The third-order valence-corrected chi connectivity index (χ3v) is 9.25. The van der Waals surface area contributed by atoms with Gasteiger partial charge in [0.1, 0.15) is 0 Å². The second-order valence-corrected chi connectivity index (χ2v) is 11.7. The van der Waals surface area contributed by atoms with Crippen LogP contribution >= 0.6 is 0 Å². The molecule has 0 radical (unpaired) electrons. The lowest BCUT2D eigenvalue weighted by atomic mass is 9.70. The Morgan fingerprint density at radius 1 is 0.688 bits per heavy atom. The number of hydrogen-bond acceptors (Lipinski definition) is 3. The van der Waals surface area contributed by atoms with Crippen molar-refractivity contribution in [2.75, 3.05) is 26.2 Å². The summed E-state index contributed by atoms with van der Waals surface area (Å²) in [6.07, 6.45) is 13.3. The van der Waals surface area contributed by atoms with E-state index in [1.807, 2.05) is 9.80 Å². The smallest absolute Gasteiger partial charge is 0.228 e. The molecule has 6 nitrogen and oxygen atoms in total. The Balaban J connectivity index is 1.02. The molecule has 1 heterocycles. The normalized spacial score (nSPS) is 34.7. The molecule has 1 N–H and O–H groups in total. The second kappa shape index (κ2) is 8.98. The summed E-state index contributed by atoms with van der Waals surface area (Å²) in [5, 5.41) is 3.27. The van der Waals surface area contributed by atoms with Crippen molar-refractivity contribution >= 4 is 17.7 Å². The minimum absolute atomic E-state index is 0.105. The Hall–Kier alpha value is -1.59. The molecule has 5 aliphatic rings. The molecule has 1 saturated heterocycles. The fraction of sp³-hybridized carbons (Fsp3) is 0.885. The predicted molar refractivity (Wildman–Crippen MR) is 123 cm³/mol. The van der Waals surface area contributed by atoms with Crippen molar-refractivity contribution in [1.29, 1.82) is 0 Å². The van der Waals surface area contributed by atoms with Crippen molar-refractivity contribution in [3.05, 3.63) is 0 Å². The number of amides is 3. The van der Waals surface area contributed by atoms with Crippen molar-refractivity contribution in [2.24, 2.45) is 29.1 Å². The van der Waals surface area contributed by atoms with E-state index in [2.05, 4.69) is 12.2 Å². The minimum Gasteiger partial charge on any atom is -0.353 e. The SMILES string of the molecule is CC1(C(=O)N2CCN(C(=O)C3CCC(C4CCC(NC(=O)C5CC5)CC4)CC3)CC2)CC1. The predicted octanol–water partition coefficient (Wildman–Crippen LogP) is 3.35. The largest absolute Gasteiger partial charge is 0.353 e. The first-order chi connectivity index (χ1) is 15.4. The lowest BCUT2D eigenvalue weighted by Gasteiger charge is -2.40. The number of carbonyl (C=O) groups excluding carboxylic acids is 3. The van der Waals surface area contributed by atoms with E-state index in [9.17, 15) is 14.4 Å². The van der Waals surface area contributed by atoms with Gasteiger partial charge in [0.15, 0.2) is 0 Å². The molecule has 0 unspecified atom stereocenters. The zero-order chi connectivity index (χ0) is 22.3. The molecule has 0 spiro atoms. The third kappa shape index (κ3) is 4.84. The van der Waals surface area contributed by atoms with E-state index in [-0.39, 0.29) is 11.3 Å². The molecular weight excluding hydrogens is 402 g/mol. The van der Waals surface area contributed by atoms with Gasteiger partial charge in [-0.1, -0.05) is 6.92 Å². The highest BCUT2D eigenvalue weighted by Crippen LogP contribution is 2.46. The Kier molecular flexibility index (Phi) is 6.23. The number of carbonyl (C=O) groups is 3. The van der Waals surface area contributed by atoms with Crippen LogP contribution in [-0.2, 0) is 14.4 Å². The van der Waals surface area contributed by atoms with E-state index in [4.69, 9.17) is 0 Å². The highest BCUT2D eigenvalue weighted by atomic mass is 16.2. The van der Waals surface area contributed by atoms with Crippen molar-refractivity contribution in [1.82, 2.24) is 15.1 Å². The Morgan fingerprint density at radius 2 is 1.19 bits per heavy atom. The molecule has 0 bridgehead atoms. The first kappa shape index (κ1) is 22.2. The van der Waals surface area contributed by atoms with Crippen LogP contribution in [0.5, 0.6) is 0 Å². The van der Waals surface area contributed by atoms with Crippen molar-refractivity contribution in [3.63, 3.8) is 0 Å². The maximum absolute atomic E-state index is 13.1. The van der Waals surface area contributed by atoms with Crippen LogP contribution in [0.25, 0.3) is 0 Å². The van der Waals surface area contributed by atoms with Crippen LogP contribution in [0.2, 0.25) is 0 Å². The summed E-state index contributed by atoms with van der Waals surface area (Å²) in [7, 11) is 0. The zero-order valence-corrected chi connectivity index (χ0v) is 19.8. The van der Waals surface area contributed by atoms with Gasteiger partial charge in [-0.25, -0.2) is 0 Å². The first-order valence-corrected chi connectivity index (χ1v) is 13.3. The van der Waals surface area contributed by atoms with Crippen molar-refractivity contribution in [2.45, 2.75) is 90.0 Å². The van der Waals surface area contributed by atoms with Crippen molar-refractivity contribution in [3.8, 4) is 0 Å². The third-order valence-electron chi connectivity index (χ3n) is 9.25. The van der Waals surface area contributed by atoms with Crippen LogP contribution in [0.15, 0.2) is 0 Å². The molecule has 4 saturated carbocycles. The Labute approximate surface area is 192 Å². The molecule has 0 aromatic rings. The van der Waals surface area contributed by atoms with Gasteiger partial charge in [0.05, 0.1) is 0 Å². The number of nitrogens with one attached hydrogen (secondary N) is 1. The molecule has 0 aromatic carbocycles. The van der Waals surface area contributed by atoms with Gasteiger partial charge in [-0.15, -0.1) is 0 Å². The summed E-state index contributed by atoms with van der Waals surface area (Å²) in [6, 6.07) is 0.394. The van der Waals surface area contributed by atoms with E-state index in [0.717, 1.165) is 63.2 Å². The standard InChI is InChI=1S/C26H41N3O3/c1-26(12-13-26)25(32)29-16-14-28(15-17-29)24(31)21-6-2-18(3-7-21)19-8-10-22(11-9-19)27-23(30)20-4-5-20/h18-22H,2-17H2,1H3,(H,27,30). The maximum atomic E-state index is 13.1. The van der Waals surface area contributed by atoms with E-state index in [0.29, 0.717) is 55.9 Å². The van der Waals surface area contributed by atoms with Crippen LogP contribution in [0.1, 0.15) is 84.0 Å². The molecule has 6 heteroatoms. The van der Waals surface area contributed by atoms with Gasteiger partial charge in [-0.2, -0.15) is 0 Å². The van der Waals surface area contributed by atoms with Gasteiger partial charge in [-0.3, -0.25) is 14.4 Å². The summed E-state index contributed by atoms with van der Waals surface area (Å²) >= 11 is 0. The summed E-state index contributed by atoms with van der Waals surface area (Å²) in [5.41, 5.74) is -0.105. The number of rotatable bonds is 5. The monoisotopic (exact) mass is 443 g/mol. The molecule has 178 valence electrons. The van der Waals surface area contributed by atoms with Gasteiger partial charge in [0.2, 0.25) is 17.7 Å². The highest BCUT2D eigenvalue weighted by molar-refractivity contribution is 5.85. The summed E-state index contributed by atoms with van der Waals surface area (Å²) in [6.45, 7) is 4.89. The lowest BCUT2D eigenvalue weighted by molar-refractivity contribution is -0.145. The molecule has 0 atom stereocenters. The van der Waals surface area contributed by atoms with Crippen molar-refractivity contribution < 1.29 is 14.4 Å². The molecule has 32 heavy (non-hydrogen) atoms. The number of nitrogens with zero attached hydrogens (tertiary/aromatic N) is 2. The van der Waals surface area contributed by atoms with Gasteiger partial charge in [-0.05, 0) is 88.9 Å². The summed E-state index contributed by atoms with van der Waals surface area (Å²) in [4.78, 5) is 41.7. The number of piperazine rings is 1. The summed E-state index contributed by atoms with van der Waals surface area (Å²) in [5.74, 6) is 2.95. The molecular formula is C26H41N3O3. The van der Waals surface area contributed by atoms with Crippen LogP contribution in [0.3, 0.4) is 0 Å². The van der Waals surface area contributed by atoms with Gasteiger partial charge >= 0.3 is 0 Å². The Bertz CT molecular complexity index is 721. The molecule has 5 fully saturated rings. The van der Waals surface area contributed by atoms with Gasteiger partial charge < -0.3 is 15.1 Å². The average molecular weight is 444 g/mol. The fourth-order valence-electron chi connectivity index (χ4n) is 6.41. The van der Waals surface area contributed by atoms with Crippen LogP contribution in [0, 0.1) is 29.1 Å². The second-order valence-electron chi connectivity index (χ2n) is 11.7.